The van der Waals surface area contributed by atoms with E-state index < -0.39 is 0 Å². The van der Waals surface area contributed by atoms with Gasteiger partial charge < -0.3 is 19.7 Å². The van der Waals surface area contributed by atoms with E-state index in [0.717, 1.165) is 19.4 Å². The largest absolute Gasteiger partial charge is 0.487 e. The molecule has 0 unspecified atom stereocenters. The number of carbonyl (C=O) groups excluding carboxylic acids is 1. The maximum atomic E-state index is 13.1. The molecule has 0 radical (unpaired) electrons. The number of rotatable bonds is 8. The van der Waals surface area contributed by atoms with Crippen molar-refractivity contribution in [2.24, 2.45) is 5.92 Å². The SMILES string of the molecule is COCCOc1c(Cl)cccc1NC(=O)N(CC1CC1)C1CCCCC1. The van der Waals surface area contributed by atoms with Crippen molar-refractivity contribution in [3.63, 3.8) is 0 Å². The topological polar surface area (TPSA) is 50.8 Å². The first-order valence-corrected chi connectivity index (χ1v) is 10.0. The number of para-hydroxylation sites is 1. The van der Waals surface area contributed by atoms with Crippen LogP contribution in [0.2, 0.25) is 5.02 Å². The predicted octanol–water partition coefficient (Wildman–Crippen LogP) is 4.94. The van der Waals surface area contributed by atoms with Gasteiger partial charge in [0.2, 0.25) is 0 Å². The van der Waals surface area contributed by atoms with Gasteiger partial charge in [0, 0.05) is 19.7 Å². The van der Waals surface area contributed by atoms with Crippen LogP contribution >= 0.6 is 11.6 Å². The standard InChI is InChI=1S/C20H29ClN2O3/c1-25-12-13-26-19-17(21)8-5-9-18(19)22-20(24)23(14-15-10-11-15)16-6-3-2-4-7-16/h5,8-9,15-16H,2-4,6-7,10-14H2,1H3,(H,22,24). The zero-order valence-electron chi connectivity index (χ0n) is 15.5. The molecule has 144 valence electrons. The van der Waals surface area contributed by atoms with E-state index in [1.54, 1.807) is 13.2 Å². The summed E-state index contributed by atoms with van der Waals surface area (Å²) in [6.07, 6.45) is 8.38. The van der Waals surface area contributed by atoms with Crippen molar-refractivity contribution in [3.05, 3.63) is 23.2 Å². The predicted molar refractivity (Wildman–Crippen MR) is 104 cm³/mol. The van der Waals surface area contributed by atoms with E-state index in [4.69, 9.17) is 21.1 Å². The van der Waals surface area contributed by atoms with Crippen molar-refractivity contribution in [3.8, 4) is 5.75 Å². The number of carbonyl (C=O) groups is 1. The number of hydrogen-bond donors (Lipinski definition) is 1. The maximum Gasteiger partial charge on any atom is 0.322 e. The van der Waals surface area contributed by atoms with E-state index in [1.165, 1.54) is 32.1 Å². The van der Waals surface area contributed by atoms with E-state index in [2.05, 4.69) is 10.2 Å². The zero-order chi connectivity index (χ0) is 18.4. The smallest absolute Gasteiger partial charge is 0.322 e. The number of nitrogens with one attached hydrogen (secondary N) is 1. The summed E-state index contributed by atoms with van der Waals surface area (Å²) in [5, 5.41) is 3.54. The molecule has 3 rings (SSSR count). The van der Waals surface area contributed by atoms with Crippen LogP contribution in [0, 0.1) is 5.92 Å². The third-order valence-corrected chi connectivity index (χ3v) is 5.47. The number of ether oxygens (including phenoxy) is 2. The fraction of sp³-hybridized carbons (Fsp3) is 0.650. The number of hydrogen-bond acceptors (Lipinski definition) is 3. The minimum atomic E-state index is -0.0392. The van der Waals surface area contributed by atoms with Crippen LogP contribution < -0.4 is 10.1 Å². The van der Waals surface area contributed by atoms with Crippen LogP contribution in [0.3, 0.4) is 0 Å². The van der Waals surface area contributed by atoms with Crippen LogP contribution in [0.5, 0.6) is 5.75 Å². The average molecular weight is 381 g/mol. The molecule has 0 saturated heterocycles. The molecule has 5 nitrogen and oxygen atoms in total. The summed E-state index contributed by atoms with van der Waals surface area (Å²) in [5.41, 5.74) is 0.621. The average Bonchev–Trinajstić information content (AvgIpc) is 3.47. The number of anilines is 1. The lowest BCUT2D eigenvalue weighted by atomic mass is 9.94. The Labute approximate surface area is 161 Å². The highest BCUT2D eigenvalue weighted by molar-refractivity contribution is 6.32. The van der Waals surface area contributed by atoms with Gasteiger partial charge in [-0.3, -0.25) is 0 Å². The summed E-state index contributed by atoms with van der Waals surface area (Å²) < 4.78 is 10.8. The lowest BCUT2D eigenvalue weighted by Gasteiger charge is -2.34. The Kier molecular flexibility index (Phi) is 7.03. The number of urea groups is 1. The van der Waals surface area contributed by atoms with Crippen molar-refractivity contribution < 1.29 is 14.3 Å². The van der Waals surface area contributed by atoms with Gasteiger partial charge in [-0.15, -0.1) is 0 Å². The second kappa shape index (κ2) is 9.47. The first-order chi connectivity index (χ1) is 12.7. The lowest BCUT2D eigenvalue weighted by Crippen LogP contribution is -2.45. The van der Waals surface area contributed by atoms with E-state index >= 15 is 0 Å². The number of halogens is 1. The van der Waals surface area contributed by atoms with Gasteiger partial charge in [0.15, 0.2) is 5.75 Å². The molecular formula is C20H29ClN2O3. The van der Waals surface area contributed by atoms with Crippen molar-refractivity contribution in [2.45, 2.75) is 51.0 Å². The first kappa shape index (κ1) is 19.3. The van der Waals surface area contributed by atoms with Gasteiger partial charge in [-0.1, -0.05) is 36.9 Å². The fourth-order valence-electron chi connectivity index (χ4n) is 3.54. The molecule has 0 heterocycles. The molecule has 0 aliphatic heterocycles. The Bertz CT molecular complexity index is 601. The highest BCUT2D eigenvalue weighted by Crippen LogP contribution is 2.35. The Hall–Kier alpha value is -1.46. The van der Waals surface area contributed by atoms with Crippen molar-refractivity contribution in [1.82, 2.24) is 4.90 Å². The molecule has 1 aromatic carbocycles. The summed E-state index contributed by atoms with van der Waals surface area (Å²) in [6.45, 7) is 1.71. The molecule has 2 amide bonds. The molecule has 0 spiro atoms. The third-order valence-electron chi connectivity index (χ3n) is 5.17. The van der Waals surface area contributed by atoms with Gasteiger partial charge in [-0.05, 0) is 43.7 Å². The molecule has 2 aliphatic carbocycles. The molecule has 6 heteroatoms. The summed E-state index contributed by atoms with van der Waals surface area (Å²) in [5.74, 6) is 1.18. The molecule has 2 fully saturated rings. The molecular weight excluding hydrogens is 352 g/mol. The van der Waals surface area contributed by atoms with Crippen LogP contribution in [0.25, 0.3) is 0 Å². The van der Waals surface area contributed by atoms with Crippen LogP contribution in [-0.4, -0.2) is 43.8 Å². The van der Waals surface area contributed by atoms with Crippen molar-refractivity contribution in [1.29, 1.82) is 0 Å². The maximum absolute atomic E-state index is 13.1. The number of amides is 2. The fourth-order valence-corrected chi connectivity index (χ4v) is 3.77. The summed E-state index contributed by atoms with van der Waals surface area (Å²) in [4.78, 5) is 15.1. The Morgan fingerprint density at radius 3 is 2.65 bits per heavy atom. The van der Waals surface area contributed by atoms with Gasteiger partial charge in [-0.2, -0.15) is 0 Å². The Morgan fingerprint density at radius 2 is 1.96 bits per heavy atom. The lowest BCUT2D eigenvalue weighted by molar-refractivity contribution is 0.146. The van der Waals surface area contributed by atoms with Gasteiger partial charge >= 0.3 is 6.03 Å². The summed E-state index contributed by atoms with van der Waals surface area (Å²) in [7, 11) is 1.62. The molecule has 2 aliphatic rings. The third kappa shape index (κ3) is 5.27. The minimum Gasteiger partial charge on any atom is -0.487 e. The molecule has 1 aromatic rings. The first-order valence-electron chi connectivity index (χ1n) is 9.67. The molecule has 26 heavy (non-hydrogen) atoms. The zero-order valence-corrected chi connectivity index (χ0v) is 16.3. The monoisotopic (exact) mass is 380 g/mol. The van der Waals surface area contributed by atoms with E-state index in [1.807, 2.05) is 12.1 Å². The molecule has 2 saturated carbocycles. The van der Waals surface area contributed by atoms with Gasteiger partial charge in [0.1, 0.15) is 6.61 Å². The normalized spacial score (nSPS) is 17.8. The molecule has 1 N–H and O–H groups in total. The Balaban J connectivity index is 1.70. The van der Waals surface area contributed by atoms with Crippen LogP contribution in [-0.2, 0) is 4.74 Å². The van der Waals surface area contributed by atoms with E-state index in [-0.39, 0.29) is 6.03 Å². The van der Waals surface area contributed by atoms with Crippen LogP contribution in [0.1, 0.15) is 44.9 Å². The van der Waals surface area contributed by atoms with E-state index in [9.17, 15) is 4.79 Å². The van der Waals surface area contributed by atoms with E-state index in [0.29, 0.717) is 41.6 Å². The molecule has 0 atom stereocenters. The Morgan fingerprint density at radius 1 is 1.19 bits per heavy atom. The van der Waals surface area contributed by atoms with Crippen molar-refractivity contribution >= 4 is 23.3 Å². The summed E-state index contributed by atoms with van der Waals surface area (Å²) >= 11 is 6.28. The van der Waals surface area contributed by atoms with Gasteiger partial charge in [-0.25, -0.2) is 4.79 Å². The highest BCUT2D eigenvalue weighted by atomic mass is 35.5. The number of nitrogens with zero attached hydrogens (tertiary/aromatic N) is 1. The van der Waals surface area contributed by atoms with Gasteiger partial charge in [0.25, 0.3) is 0 Å². The number of benzene rings is 1. The number of methoxy groups -OCH3 is 1. The molecule has 0 bridgehead atoms. The summed E-state index contributed by atoms with van der Waals surface area (Å²) in [6, 6.07) is 5.74. The van der Waals surface area contributed by atoms with Crippen LogP contribution in [0.4, 0.5) is 10.5 Å². The molecule has 0 aromatic heterocycles. The van der Waals surface area contributed by atoms with Gasteiger partial charge in [0.05, 0.1) is 17.3 Å². The second-order valence-corrected chi connectivity index (χ2v) is 7.68. The highest BCUT2D eigenvalue weighted by Gasteiger charge is 2.32. The van der Waals surface area contributed by atoms with Crippen LogP contribution in [0.15, 0.2) is 18.2 Å². The quantitative estimate of drug-likeness (QED) is 0.649. The van der Waals surface area contributed by atoms with Crippen molar-refractivity contribution in [2.75, 3.05) is 32.2 Å². The minimum absolute atomic E-state index is 0.0392. The second-order valence-electron chi connectivity index (χ2n) is 7.28.